The van der Waals surface area contributed by atoms with Crippen LogP contribution >= 0.6 is 0 Å². The molecule has 2 N–H and O–H groups in total. The van der Waals surface area contributed by atoms with Crippen molar-refractivity contribution in [3.8, 4) is 0 Å². The van der Waals surface area contributed by atoms with Gasteiger partial charge in [-0.05, 0) is 35.4 Å². The van der Waals surface area contributed by atoms with Crippen molar-refractivity contribution in [3.05, 3.63) is 59.7 Å². The number of hydrogen-bond acceptors (Lipinski definition) is 4. The normalized spacial score (nSPS) is 11.6. The second kappa shape index (κ2) is 6.85. The lowest BCUT2D eigenvalue weighted by molar-refractivity contribution is 0.234. The Morgan fingerprint density at radius 1 is 1.05 bits per heavy atom. The molecule has 118 valence electrons. The zero-order valence-electron chi connectivity index (χ0n) is 11.5. The molecule has 0 heterocycles. The highest BCUT2D eigenvalue weighted by Gasteiger charge is 2.26. The van der Waals surface area contributed by atoms with Crippen molar-refractivity contribution in [2.75, 3.05) is 5.32 Å². The molecule has 0 spiro atoms. The fourth-order valence-corrected chi connectivity index (χ4v) is 2.60. The number of aliphatic hydroxyl groups is 1. The van der Waals surface area contributed by atoms with E-state index in [1.165, 1.54) is 24.3 Å². The number of alkyl halides is 2. The van der Waals surface area contributed by atoms with Crippen LogP contribution in [0.25, 0.3) is 0 Å². The van der Waals surface area contributed by atoms with Crippen molar-refractivity contribution in [1.82, 2.24) is 0 Å². The lowest BCUT2D eigenvalue weighted by Gasteiger charge is -2.09. The molecule has 0 radical (unpaired) electrons. The Balaban J connectivity index is 2.05. The van der Waals surface area contributed by atoms with Crippen molar-refractivity contribution in [1.29, 1.82) is 0 Å². The number of sulfone groups is 1. The van der Waals surface area contributed by atoms with Crippen LogP contribution in [0.5, 0.6) is 0 Å². The highest BCUT2D eigenvalue weighted by atomic mass is 32.2. The van der Waals surface area contributed by atoms with Gasteiger partial charge < -0.3 is 10.4 Å². The van der Waals surface area contributed by atoms with Crippen LogP contribution in [-0.2, 0) is 23.0 Å². The fourth-order valence-electron chi connectivity index (χ4n) is 1.88. The van der Waals surface area contributed by atoms with Gasteiger partial charge >= 0.3 is 5.76 Å². The molecule has 0 aromatic heterocycles. The third-order valence-corrected chi connectivity index (χ3v) is 4.49. The Morgan fingerprint density at radius 2 is 1.73 bits per heavy atom. The van der Waals surface area contributed by atoms with Crippen LogP contribution in [0.4, 0.5) is 14.5 Å². The Bertz CT molecular complexity index is 731. The van der Waals surface area contributed by atoms with Crippen molar-refractivity contribution in [2.45, 2.75) is 23.8 Å². The van der Waals surface area contributed by atoms with Gasteiger partial charge in [0.15, 0.2) is 0 Å². The minimum atomic E-state index is -4.55. The molecule has 4 nitrogen and oxygen atoms in total. The number of aliphatic hydroxyl groups excluding tert-OH is 1. The van der Waals surface area contributed by atoms with Gasteiger partial charge in [0.05, 0.1) is 11.5 Å². The Morgan fingerprint density at radius 3 is 2.32 bits per heavy atom. The highest BCUT2D eigenvalue weighted by molar-refractivity contribution is 7.91. The predicted molar refractivity (Wildman–Crippen MR) is 79.3 cm³/mol. The van der Waals surface area contributed by atoms with Gasteiger partial charge in [0.2, 0.25) is 9.84 Å². The van der Waals surface area contributed by atoms with Gasteiger partial charge in [0, 0.05) is 12.2 Å². The zero-order valence-corrected chi connectivity index (χ0v) is 12.4. The molecule has 0 fully saturated rings. The monoisotopic (exact) mass is 327 g/mol. The fraction of sp³-hybridized carbons (Fsp3) is 0.200. The van der Waals surface area contributed by atoms with Crippen LogP contribution in [0.15, 0.2) is 53.4 Å². The van der Waals surface area contributed by atoms with Crippen molar-refractivity contribution in [3.63, 3.8) is 0 Å². The standard InChI is InChI=1S/C15H15F2NO3S/c16-15(17)22(20,21)14-6-4-11(5-7-14)9-18-13-3-1-2-12(8-13)10-19/h1-8,15,18-19H,9-10H2. The number of rotatable bonds is 6. The summed E-state index contributed by atoms with van der Waals surface area (Å²) in [4.78, 5) is -0.395. The molecule has 0 aliphatic heterocycles. The average Bonchev–Trinajstić information content (AvgIpc) is 2.53. The molecule has 2 rings (SSSR count). The van der Waals surface area contributed by atoms with Crippen molar-refractivity contribution < 1.29 is 22.3 Å². The van der Waals surface area contributed by atoms with E-state index in [1.54, 1.807) is 18.2 Å². The summed E-state index contributed by atoms with van der Waals surface area (Å²) in [5, 5.41) is 12.2. The van der Waals surface area contributed by atoms with Crippen molar-refractivity contribution in [2.24, 2.45) is 0 Å². The van der Waals surface area contributed by atoms with Crippen LogP contribution in [0.1, 0.15) is 11.1 Å². The molecule has 7 heteroatoms. The summed E-state index contributed by atoms with van der Waals surface area (Å²) in [5.74, 6) is -3.42. The van der Waals surface area contributed by atoms with E-state index in [0.717, 1.165) is 16.8 Å². The first kappa shape index (κ1) is 16.4. The number of nitrogens with one attached hydrogen (secondary N) is 1. The molecular weight excluding hydrogens is 312 g/mol. The molecule has 0 bridgehead atoms. The first-order valence-corrected chi connectivity index (χ1v) is 8.03. The summed E-state index contributed by atoms with van der Waals surface area (Å²) in [5.41, 5.74) is 2.32. The Labute approximate surface area is 127 Å². The van der Waals surface area contributed by atoms with Gasteiger partial charge in [-0.3, -0.25) is 0 Å². The van der Waals surface area contributed by atoms with Gasteiger partial charge in [-0.1, -0.05) is 24.3 Å². The largest absolute Gasteiger partial charge is 0.392 e. The van der Waals surface area contributed by atoms with Crippen LogP contribution in [0.2, 0.25) is 0 Å². The lowest BCUT2D eigenvalue weighted by atomic mass is 10.2. The summed E-state index contributed by atoms with van der Waals surface area (Å²) in [6.07, 6.45) is 0. The first-order valence-electron chi connectivity index (χ1n) is 6.48. The van der Waals surface area contributed by atoms with E-state index in [9.17, 15) is 17.2 Å². The van der Waals surface area contributed by atoms with Gasteiger partial charge in [0.25, 0.3) is 0 Å². The minimum Gasteiger partial charge on any atom is -0.392 e. The van der Waals surface area contributed by atoms with E-state index < -0.39 is 20.5 Å². The maximum atomic E-state index is 12.4. The molecule has 0 amide bonds. The molecule has 0 aliphatic rings. The van der Waals surface area contributed by atoms with Crippen LogP contribution in [0.3, 0.4) is 0 Å². The smallest absolute Gasteiger partial charge is 0.341 e. The maximum Gasteiger partial charge on any atom is 0.341 e. The van der Waals surface area contributed by atoms with E-state index in [4.69, 9.17) is 5.11 Å². The van der Waals surface area contributed by atoms with E-state index in [1.807, 2.05) is 6.07 Å². The van der Waals surface area contributed by atoms with Gasteiger partial charge in [-0.2, -0.15) is 8.78 Å². The minimum absolute atomic E-state index is 0.0598. The topological polar surface area (TPSA) is 66.4 Å². The quantitative estimate of drug-likeness (QED) is 0.856. The van der Waals surface area contributed by atoms with Crippen LogP contribution < -0.4 is 5.32 Å². The van der Waals surface area contributed by atoms with Crippen LogP contribution in [0, 0.1) is 0 Å². The first-order chi connectivity index (χ1) is 10.4. The molecule has 2 aromatic carbocycles. The molecule has 0 saturated heterocycles. The third kappa shape index (κ3) is 3.80. The van der Waals surface area contributed by atoms with Gasteiger partial charge in [-0.25, -0.2) is 8.42 Å². The molecule has 0 unspecified atom stereocenters. The summed E-state index contributed by atoms with van der Waals surface area (Å²) >= 11 is 0. The summed E-state index contributed by atoms with van der Waals surface area (Å²) < 4.78 is 47.4. The number of benzene rings is 2. The van der Waals surface area contributed by atoms with E-state index in [2.05, 4.69) is 5.32 Å². The number of anilines is 1. The van der Waals surface area contributed by atoms with E-state index in [0.29, 0.717) is 6.54 Å². The highest BCUT2D eigenvalue weighted by Crippen LogP contribution is 2.19. The lowest BCUT2D eigenvalue weighted by Crippen LogP contribution is -2.11. The summed E-state index contributed by atoms with van der Waals surface area (Å²) in [7, 11) is -4.55. The van der Waals surface area contributed by atoms with Crippen LogP contribution in [-0.4, -0.2) is 19.3 Å². The van der Waals surface area contributed by atoms with Crippen molar-refractivity contribution >= 4 is 15.5 Å². The van der Waals surface area contributed by atoms with E-state index in [-0.39, 0.29) is 6.61 Å². The average molecular weight is 327 g/mol. The third-order valence-electron chi connectivity index (χ3n) is 3.09. The number of halogens is 2. The Hall–Kier alpha value is -1.99. The van der Waals surface area contributed by atoms with Gasteiger partial charge in [-0.15, -0.1) is 0 Å². The number of hydrogen-bond donors (Lipinski definition) is 2. The second-order valence-corrected chi connectivity index (χ2v) is 6.58. The molecule has 22 heavy (non-hydrogen) atoms. The summed E-state index contributed by atoms with van der Waals surface area (Å²) in [6.45, 7) is 0.347. The molecular formula is C15H15F2NO3S. The molecule has 2 aromatic rings. The molecule has 0 saturated carbocycles. The SMILES string of the molecule is O=S(=O)(c1ccc(CNc2cccc(CO)c2)cc1)C(F)F. The second-order valence-electron chi connectivity index (χ2n) is 4.66. The maximum absolute atomic E-state index is 12.4. The summed E-state index contributed by atoms with van der Waals surface area (Å²) in [6, 6.07) is 12.5. The van der Waals surface area contributed by atoms with Gasteiger partial charge in [0.1, 0.15) is 0 Å². The molecule has 0 atom stereocenters. The predicted octanol–water partition coefficient (Wildman–Crippen LogP) is 2.79. The molecule has 0 aliphatic carbocycles. The van der Waals surface area contributed by atoms with E-state index >= 15 is 0 Å². The Kier molecular flexibility index (Phi) is 5.10. The zero-order chi connectivity index (χ0) is 16.2.